The summed E-state index contributed by atoms with van der Waals surface area (Å²) in [6, 6.07) is 10.0. The molecule has 0 bridgehead atoms. The van der Waals surface area contributed by atoms with Crippen molar-refractivity contribution in [1.29, 1.82) is 0 Å². The van der Waals surface area contributed by atoms with Gasteiger partial charge >= 0.3 is 0 Å². The van der Waals surface area contributed by atoms with Gasteiger partial charge in [0.25, 0.3) is 5.56 Å². The fraction of sp³-hybridized carbons (Fsp3) is 0.609. The first-order valence-corrected chi connectivity index (χ1v) is 10.5. The number of hydrogen-bond donors (Lipinski definition) is 0. The van der Waals surface area contributed by atoms with Gasteiger partial charge in [-0.3, -0.25) is 4.79 Å². The highest BCUT2D eigenvalue weighted by Gasteiger charge is 2.10. The third-order valence-electron chi connectivity index (χ3n) is 4.96. The molecule has 0 saturated heterocycles. The van der Waals surface area contributed by atoms with Crippen molar-refractivity contribution >= 4 is 10.9 Å². The second-order valence-electron chi connectivity index (χ2n) is 7.20. The number of nitrogens with zero attached hydrogens (tertiary/aromatic N) is 1. The van der Waals surface area contributed by atoms with Gasteiger partial charge in [-0.1, -0.05) is 83.4 Å². The van der Waals surface area contributed by atoms with Gasteiger partial charge in [-0.25, -0.2) is 0 Å². The first kappa shape index (κ1) is 20.5. The lowest BCUT2D eigenvalue weighted by molar-refractivity contribution is 0.299. The molecule has 0 fully saturated rings. The van der Waals surface area contributed by atoms with Crippen LogP contribution in [0.25, 0.3) is 10.9 Å². The molecule has 2 rings (SSSR count). The van der Waals surface area contributed by atoms with Gasteiger partial charge in [-0.15, -0.1) is 0 Å². The lowest BCUT2D eigenvalue weighted by atomic mass is 10.1. The van der Waals surface area contributed by atoms with Crippen LogP contribution in [0.15, 0.2) is 35.1 Å². The van der Waals surface area contributed by atoms with Gasteiger partial charge in [0.1, 0.15) is 0 Å². The first-order valence-electron chi connectivity index (χ1n) is 10.5. The minimum absolute atomic E-state index is 0.0211. The van der Waals surface area contributed by atoms with E-state index >= 15 is 0 Å². The molecule has 0 saturated carbocycles. The van der Waals surface area contributed by atoms with Crippen molar-refractivity contribution in [1.82, 2.24) is 4.57 Å². The number of hydrogen-bond acceptors (Lipinski definition) is 2. The average Bonchev–Trinajstić information content (AvgIpc) is 2.66. The van der Waals surface area contributed by atoms with Crippen molar-refractivity contribution in [2.75, 3.05) is 6.61 Å². The molecule has 1 heterocycles. The number of fused-ring (bicyclic) bond motifs is 1. The van der Waals surface area contributed by atoms with Crippen molar-refractivity contribution in [2.24, 2.45) is 0 Å². The zero-order chi connectivity index (χ0) is 18.6. The van der Waals surface area contributed by atoms with Gasteiger partial charge in [0, 0.05) is 11.9 Å². The van der Waals surface area contributed by atoms with Crippen LogP contribution >= 0.6 is 0 Å². The zero-order valence-electron chi connectivity index (χ0n) is 16.6. The van der Waals surface area contributed by atoms with Crippen LogP contribution in [0.3, 0.4) is 0 Å². The van der Waals surface area contributed by atoms with E-state index in [1.54, 1.807) is 0 Å². The Kier molecular flexibility index (Phi) is 9.30. The lowest BCUT2D eigenvalue weighted by Crippen LogP contribution is -2.23. The smallest absolute Gasteiger partial charge is 0.293 e. The zero-order valence-corrected chi connectivity index (χ0v) is 16.6. The van der Waals surface area contributed by atoms with Crippen molar-refractivity contribution < 1.29 is 4.74 Å². The van der Waals surface area contributed by atoms with Crippen LogP contribution in [0.4, 0.5) is 0 Å². The van der Waals surface area contributed by atoms with E-state index in [1.165, 1.54) is 44.9 Å². The number of aryl methyl sites for hydroxylation is 1. The van der Waals surface area contributed by atoms with Crippen LogP contribution in [0, 0.1) is 0 Å². The van der Waals surface area contributed by atoms with Gasteiger partial charge in [-0.05, 0) is 25.0 Å². The minimum Gasteiger partial charge on any atom is -0.488 e. The van der Waals surface area contributed by atoms with Gasteiger partial charge in [-0.2, -0.15) is 0 Å². The molecule has 3 heteroatoms. The van der Waals surface area contributed by atoms with E-state index in [2.05, 4.69) is 19.9 Å². The highest BCUT2D eigenvalue weighted by atomic mass is 16.5. The van der Waals surface area contributed by atoms with Crippen molar-refractivity contribution in [3.8, 4) is 5.75 Å². The Bertz CT molecular complexity index is 705. The van der Waals surface area contributed by atoms with Gasteiger partial charge < -0.3 is 9.30 Å². The molecule has 2 aromatic rings. The van der Waals surface area contributed by atoms with Gasteiger partial charge in [0.05, 0.1) is 12.1 Å². The highest BCUT2D eigenvalue weighted by molar-refractivity contribution is 5.80. The molecule has 0 atom stereocenters. The fourth-order valence-electron chi connectivity index (χ4n) is 3.39. The molecule has 0 aliphatic rings. The van der Waals surface area contributed by atoms with Crippen molar-refractivity contribution in [3.05, 3.63) is 40.7 Å². The molecule has 0 radical (unpaired) electrons. The third-order valence-corrected chi connectivity index (χ3v) is 4.96. The summed E-state index contributed by atoms with van der Waals surface area (Å²) in [7, 11) is 0. The summed E-state index contributed by atoms with van der Waals surface area (Å²) in [5, 5.41) is 1.08. The van der Waals surface area contributed by atoms with E-state index in [9.17, 15) is 4.79 Å². The Morgan fingerprint density at radius 3 is 2.27 bits per heavy atom. The Morgan fingerprint density at radius 2 is 1.50 bits per heavy atom. The van der Waals surface area contributed by atoms with E-state index in [0.29, 0.717) is 12.4 Å². The molecule has 0 spiro atoms. The second-order valence-corrected chi connectivity index (χ2v) is 7.20. The average molecular weight is 358 g/mol. The maximum Gasteiger partial charge on any atom is 0.293 e. The summed E-state index contributed by atoms with van der Waals surface area (Å²) < 4.78 is 7.77. The number of unbranched alkanes of at least 4 members (excludes halogenated alkanes) is 8. The Labute approximate surface area is 158 Å². The number of ether oxygens (including phenoxy) is 1. The van der Waals surface area contributed by atoms with E-state index in [-0.39, 0.29) is 5.56 Å². The lowest BCUT2D eigenvalue weighted by Gasteiger charge is -2.13. The summed E-state index contributed by atoms with van der Waals surface area (Å²) in [5.41, 5.74) is 1.04. The number of para-hydroxylation sites is 1. The van der Waals surface area contributed by atoms with Crippen LogP contribution in [-0.4, -0.2) is 11.2 Å². The van der Waals surface area contributed by atoms with Crippen LogP contribution in [-0.2, 0) is 6.54 Å². The maximum atomic E-state index is 12.9. The Hall–Kier alpha value is -1.77. The standard InChI is InChI=1S/C23H35NO2/c1-3-5-7-9-10-13-17-24-21-16-12-11-15-20(21)19-22(23(24)25)26-18-14-8-6-4-2/h11-12,15-16,19H,3-10,13-14,17-18H2,1-2H3. The quantitative estimate of drug-likeness (QED) is 0.393. The van der Waals surface area contributed by atoms with Crippen molar-refractivity contribution in [3.63, 3.8) is 0 Å². The topological polar surface area (TPSA) is 31.2 Å². The molecule has 1 aromatic heterocycles. The maximum absolute atomic E-state index is 12.9. The predicted molar refractivity (Wildman–Crippen MR) is 111 cm³/mol. The summed E-state index contributed by atoms with van der Waals surface area (Å²) in [4.78, 5) is 12.9. The Balaban J connectivity index is 2.05. The van der Waals surface area contributed by atoms with Gasteiger partial charge in [0.2, 0.25) is 0 Å². The molecule has 0 unspecified atom stereocenters. The summed E-state index contributed by atoms with van der Waals surface area (Å²) in [6.07, 6.45) is 12.0. The van der Waals surface area contributed by atoms with Crippen LogP contribution in [0.1, 0.15) is 78.1 Å². The summed E-state index contributed by atoms with van der Waals surface area (Å²) >= 11 is 0. The molecule has 3 nitrogen and oxygen atoms in total. The number of pyridine rings is 1. The summed E-state index contributed by atoms with van der Waals surface area (Å²) in [5.74, 6) is 0.506. The van der Waals surface area contributed by atoms with Crippen LogP contribution in [0.2, 0.25) is 0 Å². The highest BCUT2D eigenvalue weighted by Crippen LogP contribution is 2.18. The summed E-state index contributed by atoms with van der Waals surface area (Å²) in [6.45, 7) is 5.84. The first-order chi connectivity index (χ1) is 12.8. The molecule has 144 valence electrons. The Morgan fingerprint density at radius 1 is 0.846 bits per heavy atom. The molecular weight excluding hydrogens is 322 g/mol. The largest absolute Gasteiger partial charge is 0.488 e. The van der Waals surface area contributed by atoms with Crippen molar-refractivity contribution in [2.45, 2.75) is 84.6 Å². The second kappa shape index (κ2) is 11.8. The molecule has 0 amide bonds. The molecule has 0 N–H and O–H groups in total. The molecule has 1 aromatic carbocycles. The van der Waals surface area contributed by atoms with Crippen LogP contribution < -0.4 is 10.3 Å². The van der Waals surface area contributed by atoms with E-state index in [1.807, 2.05) is 28.8 Å². The monoisotopic (exact) mass is 357 g/mol. The molecule has 0 aliphatic carbocycles. The molecule has 0 aliphatic heterocycles. The predicted octanol–water partition coefficient (Wildman–Crippen LogP) is 6.32. The van der Waals surface area contributed by atoms with E-state index < -0.39 is 0 Å². The number of benzene rings is 1. The van der Waals surface area contributed by atoms with Gasteiger partial charge in [0.15, 0.2) is 5.75 Å². The molecular formula is C23H35NO2. The minimum atomic E-state index is 0.0211. The number of aromatic nitrogens is 1. The SMILES string of the molecule is CCCCCCCCn1c(=O)c(OCCCCCC)cc2ccccc21. The van der Waals surface area contributed by atoms with E-state index in [4.69, 9.17) is 4.74 Å². The van der Waals surface area contributed by atoms with Crippen LogP contribution in [0.5, 0.6) is 5.75 Å². The third kappa shape index (κ3) is 6.19. The normalized spacial score (nSPS) is 11.2. The molecule has 26 heavy (non-hydrogen) atoms. The fourth-order valence-corrected chi connectivity index (χ4v) is 3.39. The number of rotatable bonds is 13. The van der Waals surface area contributed by atoms with E-state index in [0.717, 1.165) is 36.7 Å².